The maximum Gasteiger partial charge on any atom is 0.305 e. The molecule has 1 aromatic heterocycles. The molecule has 7 atom stereocenters. The molecule has 34 heavy (non-hydrogen) atoms. The molecule has 2 bridgehead atoms. The summed E-state index contributed by atoms with van der Waals surface area (Å²) in [7, 11) is 0. The molecule has 5 unspecified atom stereocenters. The molecular formula is C25H19FN2O4S2. The lowest BCUT2D eigenvalue weighted by Gasteiger charge is -2.43. The first kappa shape index (κ1) is 20.5. The highest BCUT2D eigenvalue weighted by molar-refractivity contribution is 8.00. The molecule has 0 radical (unpaired) electrons. The average molecular weight is 495 g/mol. The Hall–Kier alpha value is -2.91. The highest BCUT2D eigenvalue weighted by atomic mass is 32.2. The fourth-order valence-electron chi connectivity index (χ4n) is 6.96. The zero-order valence-electron chi connectivity index (χ0n) is 17.7. The molecule has 3 heterocycles. The second-order valence-electron chi connectivity index (χ2n) is 9.51. The van der Waals surface area contributed by atoms with Crippen molar-refractivity contribution in [1.29, 1.82) is 0 Å². The number of thiazole rings is 1. The first-order valence-corrected chi connectivity index (χ1v) is 12.9. The van der Waals surface area contributed by atoms with Crippen LogP contribution in [-0.4, -0.2) is 27.2 Å². The van der Waals surface area contributed by atoms with E-state index in [0.29, 0.717) is 5.69 Å². The van der Waals surface area contributed by atoms with E-state index in [1.165, 1.54) is 29.2 Å². The van der Waals surface area contributed by atoms with Crippen molar-refractivity contribution in [2.75, 3.05) is 4.90 Å². The number of aromatic amines is 1. The van der Waals surface area contributed by atoms with E-state index < -0.39 is 17.7 Å². The molecule has 0 spiro atoms. The number of phenolic OH excluding ortho intramolecular Hbond substituents is 1. The van der Waals surface area contributed by atoms with E-state index in [0.717, 1.165) is 33.2 Å². The van der Waals surface area contributed by atoms with E-state index >= 15 is 0 Å². The molecule has 2 aliphatic carbocycles. The highest BCUT2D eigenvalue weighted by Crippen LogP contribution is 2.69. The molecule has 2 amide bonds. The summed E-state index contributed by atoms with van der Waals surface area (Å²) in [6.45, 7) is 0. The molecule has 4 aliphatic rings. The Bertz CT molecular complexity index is 1420. The van der Waals surface area contributed by atoms with Crippen LogP contribution < -0.4 is 9.77 Å². The summed E-state index contributed by atoms with van der Waals surface area (Å²) in [5.74, 6) is -1.76. The van der Waals surface area contributed by atoms with Crippen LogP contribution in [0.15, 0.2) is 58.4 Å². The average Bonchev–Trinajstić information content (AvgIpc) is 3.54. The van der Waals surface area contributed by atoms with Crippen LogP contribution in [0.5, 0.6) is 5.75 Å². The van der Waals surface area contributed by atoms with Crippen molar-refractivity contribution in [2.24, 2.45) is 29.6 Å². The van der Waals surface area contributed by atoms with Gasteiger partial charge in [-0.25, -0.2) is 4.39 Å². The maximum atomic E-state index is 13.6. The minimum absolute atomic E-state index is 0.00296. The Morgan fingerprint density at radius 3 is 2.41 bits per heavy atom. The van der Waals surface area contributed by atoms with Gasteiger partial charge in [0, 0.05) is 21.6 Å². The summed E-state index contributed by atoms with van der Waals surface area (Å²) in [5.41, 5.74) is 1.16. The number of thioether (sulfide) groups is 1. The van der Waals surface area contributed by atoms with Crippen LogP contribution in [0, 0.1) is 35.4 Å². The van der Waals surface area contributed by atoms with Gasteiger partial charge in [-0.1, -0.05) is 29.5 Å². The van der Waals surface area contributed by atoms with Crippen molar-refractivity contribution in [1.82, 2.24) is 4.98 Å². The number of aromatic hydroxyl groups is 1. The van der Waals surface area contributed by atoms with E-state index in [4.69, 9.17) is 0 Å². The standard InChI is InChI=1S/C25H19FN2O4S2/c26-10-5-7-11(8-6-10)28-23(30)18-13-9-14(19(18)24(28)31)20-17(13)16(12-3-1-2-4-15(12)29)21-22(33-20)27-25(32)34-21/h1-8,13-14,16-20,29H,9H2,(H,27,32)/t13-,14-,16?,17?,18?,19?,20?/m1/s1. The molecule has 1 saturated heterocycles. The number of hydrogen-bond donors (Lipinski definition) is 2. The van der Waals surface area contributed by atoms with Gasteiger partial charge in [0.15, 0.2) is 0 Å². The number of halogens is 1. The van der Waals surface area contributed by atoms with Crippen LogP contribution in [0.25, 0.3) is 0 Å². The Morgan fingerprint density at radius 2 is 1.68 bits per heavy atom. The number of carbonyl (C=O) groups is 2. The van der Waals surface area contributed by atoms with Crippen molar-refractivity contribution in [2.45, 2.75) is 22.6 Å². The summed E-state index contributed by atoms with van der Waals surface area (Å²) in [5, 5.41) is 11.6. The minimum atomic E-state index is -0.435. The molecule has 9 heteroatoms. The largest absolute Gasteiger partial charge is 0.508 e. The number of benzene rings is 2. The predicted octanol–water partition coefficient (Wildman–Crippen LogP) is 3.96. The number of anilines is 1. The Kier molecular flexibility index (Phi) is 4.24. The quantitative estimate of drug-likeness (QED) is 0.527. The summed E-state index contributed by atoms with van der Waals surface area (Å²) < 4.78 is 13.5. The Balaban J connectivity index is 1.34. The van der Waals surface area contributed by atoms with Crippen molar-refractivity contribution in [3.63, 3.8) is 0 Å². The van der Waals surface area contributed by atoms with Gasteiger partial charge in [0.05, 0.1) is 22.5 Å². The minimum Gasteiger partial charge on any atom is -0.508 e. The van der Waals surface area contributed by atoms with Crippen LogP contribution in [0.2, 0.25) is 0 Å². The fourth-order valence-corrected chi connectivity index (χ4v) is 9.84. The Morgan fingerprint density at radius 1 is 0.971 bits per heavy atom. The third-order valence-electron chi connectivity index (χ3n) is 8.08. The smallest absolute Gasteiger partial charge is 0.305 e. The number of nitrogens with one attached hydrogen (secondary N) is 1. The lowest BCUT2D eigenvalue weighted by molar-refractivity contribution is -0.123. The second kappa shape index (κ2) is 7.05. The monoisotopic (exact) mass is 494 g/mol. The van der Waals surface area contributed by atoms with Crippen molar-refractivity contribution < 1.29 is 19.1 Å². The second-order valence-corrected chi connectivity index (χ2v) is 11.7. The SMILES string of the molecule is O=C1C2C(C(=O)N1c1ccc(F)cc1)[C@@H]1C[C@H]2C2Sc3[nH]c(=O)sc3C(c3ccccc3O)C21. The molecular weight excluding hydrogens is 475 g/mol. The Labute approximate surface area is 201 Å². The van der Waals surface area contributed by atoms with Gasteiger partial charge in [0.2, 0.25) is 11.8 Å². The van der Waals surface area contributed by atoms with Crippen LogP contribution in [0.4, 0.5) is 10.1 Å². The molecule has 3 fully saturated rings. The van der Waals surface area contributed by atoms with E-state index in [1.54, 1.807) is 23.9 Å². The number of phenols is 1. The highest BCUT2D eigenvalue weighted by Gasteiger charge is 2.69. The number of aromatic nitrogens is 1. The third kappa shape index (κ3) is 2.59. The zero-order valence-corrected chi connectivity index (χ0v) is 19.3. The van der Waals surface area contributed by atoms with Crippen molar-refractivity contribution in [3.8, 4) is 5.75 Å². The molecule has 2 aromatic carbocycles. The normalized spacial score (nSPS) is 33.2. The first-order chi connectivity index (χ1) is 16.4. The molecule has 2 N–H and O–H groups in total. The summed E-state index contributed by atoms with van der Waals surface area (Å²) in [6, 6.07) is 12.6. The fraction of sp³-hybridized carbons (Fsp3) is 0.320. The van der Waals surface area contributed by atoms with Gasteiger partial charge in [-0.05, 0) is 54.5 Å². The third-order valence-corrected chi connectivity index (χ3v) is 10.7. The summed E-state index contributed by atoms with van der Waals surface area (Å²) in [6.07, 6.45) is 0.773. The van der Waals surface area contributed by atoms with Crippen LogP contribution in [0.3, 0.4) is 0 Å². The van der Waals surface area contributed by atoms with Gasteiger partial charge in [-0.2, -0.15) is 0 Å². The molecule has 6 nitrogen and oxygen atoms in total. The topological polar surface area (TPSA) is 90.5 Å². The number of hydrogen-bond acceptors (Lipinski definition) is 6. The van der Waals surface area contributed by atoms with Crippen molar-refractivity contribution >= 4 is 40.6 Å². The summed E-state index contributed by atoms with van der Waals surface area (Å²) >= 11 is 2.77. The lowest BCUT2D eigenvalue weighted by Crippen LogP contribution is -2.42. The number of H-pyrrole nitrogens is 1. The van der Waals surface area contributed by atoms with Gasteiger partial charge in [0.1, 0.15) is 11.6 Å². The molecule has 7 rings (SSSR count). The predicted molar refractivity (Wildman–Crippen MR) is 125 cm³/mol. The van der Waals surface area contributed by atoms with E-state index in [2.05, 4.69) is 4.98 Å². The maximum absolute atomic E-state index is 13.6. The van der Waals surface area contributed by atoms with Crippen LogP contribution in [-0.2, 0) is 9.59 Å². The number of rotatable bonds is 2. The number of fused-ring (bicyclic) bond motifs is 9. The number of para-hydroxylation sites is 1. The lowest BCUT2D eigenvalue weighted by atomic mass is 9.68. The summed E-state index contributed by atoms with van der Waals surface area (Å²) in [4.78, 5) is 44.4. The van der Waals surface area contributed by atoms with Gasteiger partial charge < -0.3 is 10.1 Å². The zero-order chi connectivity index (χ0) is 23.3. The van der Waals surface area contributed by atoms with Crippen LogP contribution in [0.1, 0.15) is 22.8 Å². The number of imide groups is 1. The molecule has 2 aliphatic heterocycles. The first-order valence-electron chi connectivity index (χ1n) is 11.2. The van der Waals surface area contributed by atoms with Gasteiger partial charge in [0.25, 0.3) is 0 Å². The van der Waals surface area contributed by atoms with Crippen LogP contribution >= 0.6 is 23.1 Å². The molecule has 2 saturated carbocycles. The van der Waals surface area contributed by atoms with Crippen molar-refractivity contribution in [3.05, 3.63) is 74.5 Å². The number of amides is 2. The van der Waals surface area contributed by atoms with Gasteiger partial charge in [-0.15, -0.1) is 11.8 Å². The van der Waals surface area contributed by atoms with E-state index in [9.17, 15) is 23.9 Å². The van der Waals surface area contributed by atoms with E-state index in [-0.39, 0.29) is 51.4 Å². The van der Waals surface area contributed by atoms with E-state index in [1.807, 2.05) is 12.1 Å². The molecule has 172 valence electrons. The number of nitrogens with zero attached hydrogens (tertiary/aromatic N) is 1. The van der Waals surface area contributed by atoms with Gasteiger partial charge in [-0.3, -0.25) is 19.3 Å². The van der Waals surface area contributed by atoms with Gasteiger partial charge >= 0.3 is 4.87 Å². The number of carbonyl (C=O) groups excluding carboxylic acids is 2. The molecule has 3 aromatic rings.